The maximum absolute atomic E-state index is 12.4. The molecule has 18 heavy (non-hydrogen) atoms. The van der Waals surface area contributed by atoms with Crippen LogP contribution in [0.1, 0.15) is 46.5 Å². The van der Waals surface area contributed by atoms with Crippen LogP contribution in [0.2, 0.25) is 0 Å². The van der Waals surface area contributed by atoms with Crippen LogP contribution in [0.4, 0.5) is 0 Å². The summed E-state index contributed by atoms with van der Waals surface area (Å²) in [4.78, 5) is 14.5. The van der Waals surface area contributed by atoms with Crippen molar-refractivity contribution in [3.8, 4) is 0 Å². The lowest BCUT2D eigenvalue weighted by molar-refractivity contribution is -0.134. The van der Waals surface area contributed by atoms with Crippen molar-refractivity contribution in [3.63, 3.8) is 0 Å². The minimum absolute atomic E-state index is 0.246. The maximum atomic E-state index is 12.4. The summed E-state index contributed by atoms with van der Waals surface area (Å²) in [6.07, 6.45) is 4.65. The SMILES string of the molecule is CC(C)(C)C1CCCN(C(=O)C2CCNC2)CC1. The lowest BCUT2D eigenvalue weighted by Gasteiger charge is -2.30. The van der Waals surface area contributed by atoms with Crippen molar-refractivity contribution in [1.82, 2.24) is 10.2 Å². The predicted octanol–water partition coefficient (Wildman–Crippen LogP) is 2.27. The van der Waals surface area contributed by atoms with Crippen LogP contribution in [-0.2, 0) is 4.79 Å². The van der Waals surface area contributed by atoms with Crippen LogP contribution in [0.15, 0.2) is 0 Å². The largest absolute Gasteiger partial charge is 0.342 e. The van der Waals surface area contributed by atoms with E-state index in [1.165, 1.54) is 19.3 Å². The van der Waals surface area contributed by atoms with E-state index < -0.39 is 0 Å². The second kappa shape index (κ2) is 5.60. The Kier molecular flexibility index (Phi) is 4.31. The Hall–Kier alpha value is -0.570. The molecule has 1 N–H and O–H groups in total. The van der Waals surface area contributed by atoms with E-state index in [9.17, 15) is 4.79 Å². The minimum Gasteiger partial charge on any atom is -0.342 e. The van der Waals surface area contributed by atoms with E-state index in [4.69, 9.17) is 0 Å². The average Bonchev–Trinajstić information content (AvgIpc) is 2.70. The Morgan fingerprint density at radius 2 is 1.94 bits per heavy atom. The number of likely N-dealkylation sites (tertiary alicyclic amines) is 1. The molecule has 1 amide bonds. The van der Waals surface area contributed by atoms with Crippen LogP contribution < -0.4 is 5.32 Å². The second-order valence-electron chi connectivity index (χ2n) is 7.01. The van der Waals surface area contributed by atoms with E-state index in [0.717, 1.165) is 38.5 Å². The van der Waals surface area contributed by atoms with Gasteiger partial charge in [-0.05, 0) is 43.6 Å². The minimum atomic E-state index is 0.246. The molecule has 0 bridgehead atoms. The van der Waals surface area contributed by atoms with Crippen LogP contribution in [0, 0.1) is 17.3 Å². The van der Waals surface area contributed by atoms with E-state index >= 15 is 0 Å². The van der Waals surface area contributed by atoms with Crippen LogP contribution >= 0.6 is 0 Å². The topological polar surface area (TPSA) is 32.3 Å². The molecule has 2 rings (SSSR count). The molecule has 104 valence electrons. The molecule has 0 radical (unpaired) electrons. The Bertz CT molecular complexity index is 289. The third-order valence-electron chi connectivity index (χ3n) is 4.67. The first kappa shape index (κ1) is 13.9. The molecule has 2 unspecified atom stereocenters. The Morgan fingerprint density at radius 3 is 2.56 bits per heavy atom. The fourth-order valence-corrected chi connectivity index (χ4v) is 3.31. The van der Waals surface area contributed by atoms with Crippen molar-refractivity contribution in [1.29, 1.82) is 0 Å². The highest BCUT2D eigenvalue weighted by molar-refractivity contribution is 5.79. The zero-order chi connectivity index (χ0) is 13.2. The fourth-order valence-electron chi connectivity index (χ4n) is 3.31. The molecule has 2 fully saturated rings. The van der Waals surface area contributed by atoms with Crippen molar-refractivity contribution < 1.29 is 4.79 Å². The molecule has 3 nitrogen and oxygen atoms in total. The molecule has 0 saturated carbocycles. The number of hydrogen-bond acceptors (Lipinski definition) is 2. The van der Waals surface area contributed by atoms with Gasteiger partial charge in [-0.2, -0.15) is 0 Å². The molecule has 0 spiro atoms. The van der Waals surface area contributed by atoms with Crippen molar-refractivity contribution >= 4 is 5.91 Å². The molecule has 0 aromatic rings. The van der Waals surface area contributed by atoms with Crippen molar-refractivity contribution in [2.24, 2.45) is 17.3 Å². The number of rotatable bonds is 1. The molecule has 3 heteroatoms. The van der Waals surface area contributed by atoms with Crippen molar-refractivity contribution in [3.05, 3.63) is 0 Å². The Morgan fingerprint density at radius 1 is 1.17 bits per heavy atom. The van der Waals surface area contributed by atoms with Gasteiger partial charge in [-0.25, -0.2) is 0 Å². The third-order valence-corrected chi connectivity index (χ3v) is 4.67. The summed E-state index contributed by atoms with van der Waals surface area (Å²) in [5.41, 5.74) is 0.383. The average molecular weight is 252 g/mol. The van der Waals surface area contributed by atoms with Crippen LogP contribution in [0.25, 0.3) is 0 Å². The van der Waals surface area contributed by atoms with Crippen LogP contribution in [0.3, 0.4) is 0 Å². The lowest BCUT2D eigenvalue weighted by Crippen LogP contribution is -2.38. The van der Waals surface area contributed by atoms with Gasteiger partial charge in [-0.15, -0.1) is 0 Å². The summed E-state index contributed by atoms with van der Waals surface area (Å²) in [6.45, 7) is 10.8. The quantitative estimate of drug-likeness (QED) is 0.776. The summed E-state index contributed by atoms with van der Waals surface area (Å²) < 4.78 is 0. The van der Waals surface area contributed by atoms with Gasteiger partial charge in [0.05, 0.1) is 5.92 Å². The highest BCUT2D eigenvalue weighted by Gasteiger charge is 2.31. The fraction of sp³-hybridized carbons (Fsp3) is 0.933. The van der Waals surface area contributed by atoms with Gasteiger partial charge in [0.1, 0.15) is 0 Å². The summed E-state index contributed by atoms with van der Waals surface area (Å²) in [7, 11) is 0. The second-order valence-corrected chi connectivity index (χ2v) is 7.01. The van der Waals surface area contributed by atoms with Gasteiger partial charge in [0, 0.05) is 19.6 Å². The molecule has 2 heterocycles. The molecule has 0 aliphatic carbocycles. The van der Waals surface area contributed by atoms with Crippen LogP contribution in [-0.4, -0.2) is 37.0 Å². The molecule has 2 aliphatic rings. The summed E-state index contributed by atoms with van der Waals surface area (Å²) in [5.74, 6) is 1.41. The first-order valence-corrected chi connectivity index (χ1v) is 7.48. The zero-order valence-corrected chi connectivity index (χ0v) is 12.2. The standard InChI is InChI=1S/C15H28N2O/c1-15(2,3)13-5-4-9-17(10-7-13)14(18)12-6-8-16-11-12/h12-13,16H,4-11H2,1-3H3. The van der Waals surface area contributed by atoms with Crippen molar-refractivity contribution in [2.45, 2.75) is 46.5 Å². The molecular weight excluding hydrogens is 224 g/mol. The Balaban J connectivity index is 1.90. The molecule has 2 aliphatic heterocycles. The van der Waals surface area contributed by atoms with Gasteiger partial charge < -0.3 is 10.2 Å². The van der Waals surface area contributed by atoms with Gasteiger partial charge in [-0.1, -0.05) is 20.8 Å². The number of nitrogens with zero attached hydrogens (tertiary/aromatic N) is 1. The van der Waals surface area contributed by atoms with Gasteiger partial charge in [0.25, 0.3) is 0 Å². The first-order valence-electron chi connectivity index (χ1n) is 7.48. The summed E-state index contributed by atoms with van der Waals surface area (Å²) in [5, 5.41) is 3.29. The normalized spacial score (nSPS) is 30.3. The number of carbonyl (C=O) groups is 1. The number of carbonyl (C=O) groups excluding carboxylic acids is 1. The third kappa shape index (κ3) is 3.25. The monoisotopic (exact) mass is 252 g/mol. The van der Waals surface area contributed by atoms with E-state index in [1.54, 1.807) is 0 Å². The first-order chi connectivity index (χ1) is 8.48. The predicted molar refractivity (Wildman–Crippen MR) is 74.4 cm³/mol. The molecule has 0 aromatic heterocycles. The van der Waals surface area contributed by atoms with Crippen LogP contribution in [0.5, 0.6) is 0 Å². The van der Waals surface area contributed by atoms with Gasteiger partial charge in [0.2, 0.25) is 5.91 Å². The summed E-state index contributed by atoms with van der Waals surface area (Å²) >= 11 is 0. The van der Waals surface area contributed by atoms with E-state index in [1.807, 2.05) is 0 Å². The highest BCUT2D eigenvalue weighted by Crippen LogP contribution is 2.34. The highest BCUT2D eigenvalue weighted by atomic mass is 16.2. The van der Waals surface area contributed by atoms with E-state index in [-0.39, 0.29) is 5.92 Å². The smallest absolute Gasteiger partial charge is 0.227 e. The van der Waals surface area contributed by atoms with Crippen molar-refractivity contribution in [2.75, 3.05) is 26.2 Å². The number of hydrogen-bond donors (Lipinski definition) is 1. The van der Waals surface area contributed by atoms with Gasteiger partial charge >= 0.3 is 0 Å². The van der Waals surface area contributed by atoms with Gasteiger partial charge in [0.15, 0.2) is 0 Å². The Labute approximate surface area is 111 Å². The van der Waals surface area contributed by atoms with E-state index in [2.05, 4.69) is 31.0 Å². The number of nitrogens with one attached hydrogen (secondary N) is 1. The number of amides is 1. The molecule has 2 saturated heterocycles. The van der Waals surface area contributed by atoms with Gasteiger partial charge in [-0.3, -0.25) is 4.79 Å². The molecular formula is C15H28N2O. The molecule has 2 atom stereocenters. The maximum Gasteiger partial charge on any atom is 0.227 e. The zero-order valence-electron chi connectivity index (χ0n) is 12.2. The lowest BCUT2D eigenvalue weighted by atomic mass is 9.77. The summed E-state index contributed by atoms with van der Waals surface area (Å²) in [6, 6.07) is 0. The van der Waals surface area contributed by atoms with E-state index in [0.29, 0.717) is 11.3 Å². The molecule has 0 aromatic carbocycles.